The summed E-state index contributed by atoms with van der Waals surface area (Å²) in [4.78, 5) is 23.3. The zero-order valence-electron chi connectivity index (χ0n) is 15.0. The van der Waals surface area contributed by atoms with Crippen LogP contribution in [-0.2, 0) is 13.0 Å². The number of carbonyl (C=O) groups is 1. The fraction of sp³-hybridized carbons (Fsp3) is 0.421. The van der Waals surface area contributed by atoms with Crippen molar-refractivity contribution in [1.29, 1.82) is 0 Å². The van der Waals surface area contributed by atoms with Crippen LogP contribution in [0.25, 0.3) is 0 Å². The van der Waals surface area contributed by atoms with Crippen LogP contribution >= 0.6 is 0 Å². The molecule has 7 heteroatoms. The lowest BCUT2D eigenvalue weighted by molar-refractivity contribution is 0.0728. The molecule has 0 spiro atoms. The number of hydrogen-bond acceptors (Lipinski definition) is 6. The Hall–Kier alpha value is -2.83. The van der Waals surface area contributed by atoms with E-state index in [4.69, 9.17) is 9.47 Å². The second-order valence-electron chi connectivity index (χ2n) is 6.64. The molecule has 4 rings (SSSR count). The molecule has 136 valence electrons. The van der Waals surface area contributed by atoms with Gasteiger partial charge in [0.1, 0.15) is 5.69 Å². The van der Waals surface area contributed by atoms with Gasteiger partial charge in [-0.1, -0.05) is 0 Å². The van der Waals surface area contributed by atoms with Crippen LogP contribution < -0.4 is 14.8 Å². The van der Waals surface area contributed by atoms with Crippen molar-refractivity contribution in [2.75, 3.05) is 26.1 Å². The number of benzene rings is 1. The van der Waals surface area contributed by atoms with Crippen LogP contribution in [0, 0.1) is 0 Å². The van der Waals surface area contributed by atoms with Crippen molar-refractivity contribution in [3.63, 3.8) is 0 Å². The predicted octanol–water partition coefficient (Wildman–Crippen LogP) is 2.27. The van der Waals surface area contributed by atoms with E-state index in [1.165, 1.54) is 5.56 Å². The van der Waals surface area contributed by atoms with Crippen LogP contribution in [0.3, 0.4) is 0 Å². The molecule has 0 radical (unpaired) electrons. The molecule has 0 unspecified atom stereocenters. The largest absolute Gasteiger partial charge is 0.493 e. The lowest BCUT2D eigenvalue weighted by Gasteiger charge is -2.29. The third kappa shape index (κ3) is 3.29. The van der Waals surface area contributed by atoms with Crippen LogP contribution in [0.4, 0.5) is 5.95 Å². The molecule has 0 bridgehead atoms. The first-order valence-electron chi connectivity index (χ1n) is 8.80. The van der Waals surface area contributed by atoms with Gasteiger partial charge in [0, 0.05) is 25.3 Å². The van der Waals surface area contributed by atoms with Crippen LogP contribution in [-0.4, -0.2) is 47.6 Å². The second-order valence-corrected chi connectivity index (χ2v) is 6.64. The first-order valence-corrected chi connectivity index (χ1v) is 8.80. The smallest absolute Gasteiger partial charge is 0.272 e. The van der Waals surface area contributed by atoms with Crippen molar-refractivity contribution in [2.24, 2.45) is 0 Å². The van der Waals surface area contributed by atoms with E-state index in [-0.39, 0.29) is 5.91 Å². The molecule has 1 amide bonds. The Morgan fingerprint density at radius 1 is 1.19 bits per heavy atom. The summed E-state index contributed by atoms with van der Waals surface area (Å²) in [6.45, 7) is 1.18. The highest BCUT2D eigenvalue weighted by Gasteiger charge is 2.26. The van der Waals surface area contributed by atoms with E-state index >= 15 is 0 Å². The normalized spacial score (nSPS) is 16.0. The van der Waals surface area contributed by atoms with Crippen LogP contribution in [0.5, 0.6) is 11.5 Å². The quantitative estimate of drug-likeness (QED) is 0.888. The summed E-state index contributed by atoms with van der Waals surface area (Å²) in [5, 5.41) is 3.23. The minimum absolute atomic E-state index is 0.0771. The highest BCUT2D eigenvalue weighted by atomic mass is 16.5. The Balaban J connectivity index is 1.53. The van der Waals surface area contributed by atoms with Gasteiger partial charge < -0.3 is 19.7 Å². The van der Waals surface area contributed by atoms with Gasteiger partial charge >= 0.3 is 0 Å². The fourth-order valence-electron chi connectivity index (χ4n) is 3.18. The molecule has 2 aromatic rings. The number of ether oxygens (including phenoxy) is 2. The molecule has 7 nitrogen and oxygen atoms in total. The number of fused-ring (bicyclic) bond motifs is 1. The lowest BCUT2D eigenvalue weighted by Crippen LogP contribution is -2.36. The number of anilines is 1. The van der Waals surface area contributed by atoms with E-state index in [0.29, 0.717) is 36.5 Å². The van der Waals surface area contributed by atoms with E-state index in [1.807, 2.05) is 17.0 Å². The number of carbonyl (C=O) groups excluding carboxylic acids is 1. The molecule has 1 N–H and O–H groups in total. The Morgan fingerprint density at radius 2 is 1.92 bits per heavy atom. The van der Waals surface area contributed by atoms with Crippen LogP contribution in [0.2, 0.25) is 0 Å². The summed E-state index contributed by atoms with van der Waals surface area (Å²) >= 11 is 0. The zero-order valence-corrected chi connectivity index (χ0v) is 15.0. The summed E-state index contributed by atoms with van der Waals surface area (Å²) in [6.07, 6.45) is 4.68. The summed E-state index contributed by atoms with van der Waals surface area (Å²) in [7, 11) is 3.25. The molecule has 0 saturated heterocycles. The van der Waals surface area contributed by atoms with E-state index in [1.54, 1.807) is 26.5 Å². The number of aromatic nitrogens is 2. The van der Waals surface area contributed by atoms with Gasteiger partial charge in [-0.3, -0.25) is 4.79 Å². The van der Waals surface area contributed by atoms with E-state index < -0.39 is 0 Å². The number of methoxy groups -OCH3 is 2. The maximum atomic E-state index is 12.9. The molecule has 2 heterocycles. The highest BCUT2D eigenvalue weighted by molar-refractivity contribution is 5.92. The number of amides is 1. The summed E-state index contributed by atoms with van der Waals surface area (Å²) < 4.78 is 10.8. The average Bonchev–Trinajstić information content (AvgIpc) is 3.50. The van der Waals surface area contributed by atoms with Gasteiger partial charge in [0.15, 0.2) is 11.5 Å². The van der Waals surface area contributed by atoms with Crippen molar-refractivity contribution in [3.8, 4) is 11.5 Å². The molecule has 1 aliphatic carbocycles. The minimum Gasteiger partial charge on any atom is -0.493 e. The van der Waals surface area contributed by atoms with Gasteiger partial charge in [-0.05, 0) is 48.6 Å². The number of hydrogen-bond donors (Lipinski definition) is 1. The molecular weight excluding hydrogens is 332 g/mol. The van der Waals surface area contributed by atoms with Crippen LogP contribution in [0.15, 0.2) is 24.4 Å². The minimum atomic E-state index is -0.0771. The Kier molecular flexibility index (Phi) is 4.36. The number of rotatable bonds is 5. The van der Waals surface area contributed by atoms with Crippen LogP contribution in [0.1, 0.15) is 34.5 Å². The van der Waals surface area contributed by atoms with E-state index in [0.717, 1.165) is 30.6 Å². The summed E-state index contributed by atoms with van der Waals surface area (Å²) in [5.74, 6) is 1.85. The molecule has 2 aliphatic rings. The van der Waals surface area contributed by atoms with Gasteiger partial charge in [-0.15, -0.1) is 0 Å². The molecule has 1 aromatic carbocycles. The van der Waals surface area contributed by atoms with Crippen molar-refractivity contribution in [1.82, 2.24) is 14.9 Å². The summed E-state index contributed by atoms with van der Waals surface area (Å²) in [6, 6.07) is 6.07. The molecule has 1 aromatic heterocycles. The van der Waals surface area contributed by atoms with Gasteiger partial charge in [-0.2, -0.15) is 0 Å². The van der Waals surface area contributed by atoms with Crippen molar-refractivity contribution >= 4 is 11.9 Å². The maximum absolute atomic E-state index is 12.9. The molecule has 1 fully saturated rings. The van der Waals surface area contributed by atoms with E-state index in [2.05, 4.69) is 15.3 Å². The first kappa shape index (κ1) is 16.6. The lowest BCUT2D eigenvalue weighted by atomic mass is 9.98. The zero-order chi connectivity index (χ0) is 18.1. The molecule has 1 saturated carbocycles. The maximum Gasteiger partial charge on any atom is 0.272 e. The van der Waals surface area contributed by atoms with Gasteiger partial charge in [-0.25, -0.2) is 9.97 Å². The first-order chi connectivity index (χ1) is 12.7. The van der Waals surface area contributed by atoms with Crippen molar-refractivity contribution in [3.05, 3.63) is 41.2 Å². The topological polar surface area (TPSA) is 76.6 Å². The summed E-state index contributed by atoms with van der Waals surface area (Å²) in [5.41, 5.74) is 2.69. The van der Waals surface area contributed by atoms with Crippen molar-refractivity contribution in [2.45, 2.75) is 31.8 Å². The average molecular weight is 354 g/mol. The predicted molar refractivity (Wildman–Crippen MR) is 96.7 cm³/mol. The second kappa shape index (κ2) is 6.82. The Morgan fingerprint density at radius 3 is 2.62 bits per heavy atom. The highest BCUT2D eigenvalue weighted by Crippen LogP contribution is 2.33. The third-order valence-corrected chi connectivity index (χ3v) is 4.79. The van der Waals surface area contributed by atoms with Crippen molar-refractivity contribution < 1.29 is 14.3 Å². The van der Waals surface area contributed by atoms with Gasteiger partial charge in [0.2, 0.25) is 5.95 Å². The van der Waals surface area contributed by atoms with E-state index in [9.17, 15) is 4.79 Å². The number of nitrogens with one attached hydrogen (secondary N) is 1. The number of nitrogens with zero attached hydrogens (tertiary/aromatic N) is 3. The standard InChI is InChI=1S/C19H22N4O3/c1-25-16-9-12-6-8-23(11-13(12)10-17(16)26-2)18(24)15-5-7-20-19(22-15)21-14-3-4-14/h5,7,9-10,14H,3-4,6,8,11H2,1-2H3,(H,20,21,22). The molecular formula is C19H22N4O3. The Labute approximate surface area is 152 Å². The third-order valence-electron chi connectivity index (χ3n) is 4.79. The Bertz CT molecular complexity index is 836. The molecule has 1 aliphatic heterocycles. The van der Waals surface area contributed by atoms with Gasteiger partial charge in [0.25, 0.3) is 5.91 Å². The SMILES string of the molecule is COc1cc2c(cc1OC)CN(C(=O)c1ccnc(NC3CC3)n1)CC2. The molecule has 26 heavy (non-hydrogen) atoms. The monoisotopic (exact) mass is 354 g/mol. The van der Waals surface area contributed by atoms with Gasteiger partial charge in [0.05, 0.1) is 14.2 Å². The molecule has 0 atom stereocenters. The fourth-order valence-corrected chi connectivity index (χ4v) is 3.18.